The highest BCUT2D eigenvalue weighted by Gasteiger charge is 2.65. The molecule has 24 heavy (non-hydrogen) atoms. The number of benzene rings is 2. The van der Waals surface area contributed by atoms with E-state index in [0.717, 1.165) is 5.56 Å². The van der Waals surface area contributed by atoms with Gasteiger partial charge in [0.2, 0.25) is 10.0 Å². The van der Waals surface area contributed by atoms with E-state index in [2.05, 4.69) is 0 Å². The summed E-state index contributed by atoms with van der Waals surface area (Å²) in [6.07, 6.45) is -0.918. The lowest BCUT2D eigenvalue weighted by atomic mass is 9.89. The van der Waals surface area contributed by atoms with Crippen molar-refractivity contribution in [3.63, 3.8) is 0 Å². The molecule has 1 aliphatic rings. The minimum absolute atomic E-state index is 0.284. The summed E-state index contributed by atoms with van der Waals surface area (Å²) in [7, 11) is -3.54. The summed E-state index contributed by atoms with van der Waals surface area (Å²) in [5.74, 6) is 0. The van der Waals surface area contributed by atoms with Gasteiger partial charge < -0.3 is 5.11 Å². The molecular weight excluding hydrogens is 322 g/mol. The summed E-state index contributed by atoms with van der Waals surface area (Å²) in [6.45, 7) is 5.34. The maximum absolute atomic E-state index is 13.0. The molecule has 0 radical (unpaired) electrons. The molecule has 3 atom stereocenters. The van der Waals surface area contributed by atoms with Gasteiger partial charge in [-0.05, 0) is 31.9 Å². The first-order chi connectivity index (χ1) is 11.2. The zero-order valence-corrected chi connectivity index (χ0v) is 15.0. The van der Waals surface area contributed by atoms with E-state index in [1.807, 2.05) is 60.7 Å². The summed E-state index contributed by atoms with van der Waals surface area (Å²) in [5, 5.41) is 11.1. The largest absolute Gasteiger partial charge is 0.386 e. The Labute approximate surface area is 143 Å². The van der Waals surface area contributed by atoms with Crippen LogP contribution in [0.3, 0.4) is 0 Å². The normalized spacial score (nSPS) is 25.2. The van der Waals surface area contributed by atoms with E-state index in [4.69, 9.17) is 0 Å². The number of sulfonamides is 1. The Balaban J connectivity index is 2.10. The first-order valence-electron chi connectivity index (χ1n) is 8.02. The molecule has 0 saturated carbocycles. The minimum atomic E-state index is -3.54. The average molecular weight is 345 g/mol. The van der Waals surface area contributed by atoms with Crippen molar-refractivity contribution in [2.75, 3.05) is 6.54 Å². The third-order valence-corrected chi connectivity index (χ3v) is 7.21. The van der Waals surface area contributed by atoms with Gasteiger partial charge in [0.1, 0.15) is 11.6 Å². The van der Waals surface area contributed by atoms with Crippen molar-refractivity contribution in [2.45, 2.75) is 37.2 Å². The Bertz CT molecular complexity index is 813. The van der Waals surface area contributed by atoms with Gasteiger partial charge in [0.25, 0.3) is 0 Å². The number of rotatable bonds is 4. The Hall–Kier alpha value is -1.69. The molecule has 128 valence electrons. The fourth-order valence-electron chi connectivity index (χ4n) is 3.07. The number of nitrogens with zero attached hydrogens (tertiary/aromatic N) is 1. The van der Waals surface area contributed by atoms with Crippen LogP contribution in [0.15, 0.2) is 60.7 Å². The lowest BCUT2D eigenvalue weighted by Crippen LogP contribution is -2.38. The van der Waals surface area contributed by atoms with Gasteiger partial charge in [-0.2, -0.15) is 4.31 Å². The number of aliphatic hydroxyl groups is 1. The van der Waals surface area contributed by atoms with Crippen LogP contribution in [0.5, 0.6) is 0 Å². The third-order valence-electron chi connectivity index (χ3n) is 4.63. The molecule has 2 aromatic rings. The number of hydrogen-bond donors (Lipinski definition) is 1. The molecule has 1 unspecified atom stereocenters. The highest BCUT2D eigenvalue weighted by molar-refractivity contribution is 7.90. The highest BCUT2D eigenvalue weighted by Crippen LogP contribution is 2.55. The molecule has 1 fully saturated rings. The van der Waals surface area contributed by atoms with E-state index >= 15 is 0 Å². The van der Waals surface area contributed by atoms with Gasteiger partial charge in [-0.1, -0.05) is 60.7 Å². The summed E-state index contributed by atoms with van der Waals surface area (Å²) >= 11 is 0. The molecule has 1 saturated heterocycles. The SMILES string of the molecule is CC(C)(C)S(=O)(=O)N1C[C@]1(c1ccccc1)[C@H](O)c1ccccc1. The summed E-state index contributed by atoms with van der Waals surface area (Å²) in [6, 6.07) is 18.6. The molecule has 3 rings (SSSR count). The van der Waals surface area contributed by atoms with Gasteiger partial charge in [0, 0.05) is 6.54 Å². The van der Waals surface area contributed by atoms with Crippen LogP contribution in [0.4, 0.5) is 0 Å². The van der Waals surface area contributed by atoms with E-state index in [9.17, 15) is 13.5 Å². The molecular formula is C19H23NO3S. The van der Waals surface area contributed by atoms with Crippen LogP contribution in [-0.2, 0) is 15.6 Å². The van der Waals surface area contributed by atoms with Gasteiger partial charge in [0.15, 0.2) is 0 Å². The Morgan fingerprint density at radius 1 is 1.00 bits per heavy atom. The van der Waals surface area contributed by atoms with Crippen LogP contribution in [-0.4, -0.2) is 29.1 Å². The molecule has 2 aromatic carbocycles. The highest BCUT2D eigenvalue weighted by atomic mass is 32.2. The fraction of sp³-hybridized carbons (Fsp3) is 0.368. The standard InChI is InChI=1S/C19H23NO3S/c1-18(2,3)24(22,23)20-14-19(20,16-12-8-5-9-13-16)17(21)15-10-6-4-7-11-15/h4-13,17,21H,14H2,1-3H3/t17-,19+,20?/m1/s1. The summed E-state index contributed by atoms with van der Waals surface area (Å²) in [4.78, 5) is 0. The Morgan fingerprint density at radius 3 is 2.00 bits per heavy atom. The second-order valence-electron chi connectivity index (χ2n) is 7.23. The first kappa shape index (κ1) is 17.1. The number of hydrogen-bond acceptors (Lipinski definition) is 3. The second kappa shape index (κ2) is 5.69. The van der Waals surface area contributed by atoms with Crippen molar-refractivity contribution in [1.29, 1.82) is 0 Å². The second-order valence-corrected chi connectivity index (χ2v) is 9.84. The summed E-state index contributed by atoms with van der Waals surface area (Å²) < 4.78 is 26.4. The maximum atomic E-state index is 13.0. The lowest BCUT2D eigenvalue weighted by Gasteiger charge is -2.28. The van der Waals surface area contributed by atoms with E-state index < -0.39 is 26.4 Å². The van der Waals surface area contributed by atoms with E-state index in [1.165, 1.54) is 4.31 Å². The topological polar surface area (TPSA) is 57.4 Å². The molecule has 0 aromatic heterocycles. The molecule has 0 amide bonds. The van der Waals surface area contributed by atoms with Crippen LogP contribution >= 0.6 is 0 Å². The molecule has 0 aliphatic carbocycles. The van der Waals surface area contributed by atoms with E-state index in [-0.39, 0.29) is 6.54 Å². The molecule has 0 spiro atoms. The molecule has 0 bridgehead atoms. The predicted octanol–water partition coefficient (Wildman–Crippen LogP) is 3.06. The number of aliphatic hydroxyl groups excluding tert-OH is 1. The van der Waals surface area contributed by atoms with Gasteiger partial charge in [-0.15, -0.1) is 0 Å². The van der Waals surface area contributed by atoms with Crippen LogP contribution in [0.1, 0.15) is 38.0 Å². The lowest BCUT2D eigenvalue weighted by molar-refractivity contribution is 0.117. The zero-order chi connectivity index (χ0) is 17.6. The average Bonchev–Trinajstić information content (AvgIpc) is 3.32. The molecule has 1 heterocycles. The first-order valence-corrected chi connectivity index (χ1v) is 9.46. The van der Waals surface area contributed by atoms with Crippen molar-refractivity contribution in [3.05, 3.63) is 71.8 Å². The van der Waals surface area contributed by atoms with E-state index in [0.29, 0.717) is 5.56 Å². The van der Waals surface area contributed by atoms with Crippen molar-refractivity contribution < 1.29 is 13.5 Å². The predicted molar refractivity (Wildman–Crippen MR) is 94.9 cm³/mol. The summed E-state index contributed by atoms with van der Waals surface area (Å²) in [5.41, 5.74) is 0.594. The van der Waals surface area contributed by atoms with Crippen LogP contribution in [0, 0.1) is 0 Å². The van der Waals surface area contributed by atoms with Crippen LogP contribution in [0.25, 0.3) is 0 Å². The van der Waals surface area contributed by atoms with Crippen LogP contribution < -0.4 is 0 Å². The van der Waals surface area contributed by atoms with Gasteiger partial charge >= 0.3 is 0 Å². The quantitative estimate of drug-likeness (QED) is 0.867. The fourth-order valence-corrected chi connectivity index (χ4v) is 4.73. The van der Waals surface area contributed by atoms with Gasteiger partial charge in [-0.25, -0.2) is 8.42 Å². The Kier molecular flexibility index (Phi) is 4.06. The van der Waals surface area contributed by atoms with Crippen LogP contribution in [0.2, 0.25) is 0 Å². The van der Waals surface area contributed by atoms with Crippen molar-refractivity contribution in [1.82, 2.24) is 4.31 Å². The van der Waals surface area contributed by atoms with Gasteiger partial charge in [0.05, 0.1) is 4.75 Å². The molecule has 1 aliphatic heterocycles. The van der Waals surface area contributed by atoms with Crippen molar-refractivity contribution >= 4 is 10.0 Å². The Morgan fingerprint density at radius 2 is 1.50 bits per heavy atom. The van der Waals surface area contributed by atoms with Crippen molar-refractivity contribution in [2.24, 2.45) is 0 Å². The molecule has 5 heteroatoms. The third kappa shape index (κ3) is 2.57. The van der Waals surface area contributed by atoms with E-state index in [1.54, 1.807) is 20.8 Å². The monoisotopic (exact) mass is 345 g/mol. The minimum Gasteiger partial charge on any atom is -0.386 e. The van der Waals surface area contributed by atoms with Gasteiger partial charge in [-0.3, -0.25) is 0 Å². The smallest absolute Gasteiger partial charge is 0.220 e. The zero-order valence-electron chi connectivity index (χ0n) is 14.2. The molecule has 4 nitrogen and oxygen atoms in total. The van der Waals surface area contributed by atoms with Crippen molar-refractivity contribution in [3.8, 4) is 0 Å². The molecule has 1 N–H and O–H groups in total. The maximum Gasteiger partial charge on any atom is 0.220 e.